The van der Waals surface area contributed by atoms with E-state index in [0.717, 1.165) is 18.8 Å². The third-order valence-corrected chi connectivity index (χ3v) is 2.62. The van der Waals surface area contributed by atoms with Gasteiger partial charge in [0.15, 0.2) is 0 Å². The number of likely N-dealkylation sites (tertiary alicyclic amines) is 1. The molecular weight excluding hydrogens is 148 g/mol. The number of rotatable bonds is 5. The lowest BCUT2D eigenvalue weighted by Gasteiger charge is -2.38. The summed E-state index contributed by atoms with van der Waals surface area (Å²) >= 11 is 0. The zero-order valence-electron chi connectivity index (χ0n) is 7.92. The van der Waals surface area contributed by atoms with Gasteiger partial charge >= 0.3 is 0 Å². The van der Waals surface area contributed by atoms with Crippen LogP contribution in [0.3, 0.4) is 0 Å². The van der Waals surface area contributed by atoms with E-state index in [4.69, 9.17) is 5.26 Å². The summed E-state index contributed by atoms with van der Waals surface area (Å²) in [6.07, 6.45) is 4.33. The van der Waals surface area contributed by atoms with E-state index in [1.165, 1.54) is 32.5 Å². The van der Waals surface area contributed by atoms with Crippen LogP contribution in [0.25, 0.3) is 0 Å². The summed E-state index contributed by atoms with van der Waals surface area (Å²) in [5.74, 6) is 0.959. The number of nitriles is 1. The van der Waals surface area contributed by atoms with Gasteiger partial charge in [-0.25, -0.2) is 0 Å². The van der Waals surface area contributed by atoms with Crippen LogP contribution < -0.4 is 0 Å². The van der Waals surface area contributed by atoms with E-state index in [9.17, 15) is 0 Å². The molecule has 0 radical (unpaired) electrons. The van der Waals surface area contributed by atoms with Crippen LogP contribution in [-0.2, 0) is 0 Å². The Kier molecular flexibility index (Phi) is 4.10. The lowest BCUT2D eigenvalue weighted by molar-refractivity contribution is 0.0961. The predicted molar refractivity (Wildman–Crippen MR) is 49.7 cm³/mol. The molecule has 68 valence electrons. The number of hydrogen-bond donors (Lipinski definition) is 0. The Labute approximate surface area is 75.2 Å². The summed E-state index contributed by atoms with van der Waals surface area (Å²) in [4.78, 5) is 2.49. The van der Waals surface area contributed by atoms with Crippen LogP contribution in [0.15, 0.2) is 0 Å². The second-order valence-electron chi connectivity index (χ2n) is 3.65. The Balaban J connectivity index is 1.87. The summed E-state index contributed by atoms with van der Waals surface area (Å²) < 4.78 is 0. The van der Waals surface area contributed by atoms with E-state index < -0.39 is 0 Å². The second-order valence-corrected chi connectivity index (χ2v) is 3.65. The molecule has 2 heteroatoms. The highest BCUT2D eigenvalue weighted by Crippen LogP contribution is 2.18. The fraction of sp³-hybridized carbons (Fsp3) is 0.900. The Morgan fingerprint density at radius 2 is 2.17 bits per heavy atom. The largest absolute Gasteiger partial charge is 0.303 e. The number of unbranched alkanes of at least 4 members (excludes halogenated alkanes) is 2. The van der Waals surface area contributed by atoms with Crippen molar-refractivity contribution in [3.8, 4) is 6.07 Å². The van der Waals surface area contributed by atoms with E-state index in [0.29, 0.717) is 0 Å². The van der Waals surface area contributed by atoms with Crippen molar-refractivity contribution in [3.05, 3.63) is 0 Å². The molecule has 0 aromatic heterocycles. The molecule has 0 unspecified atom stereocenters. The first-order valence-electron chi connectivity index (χ1n) is 4.96. The van der Waals surface area contributed by atoms with E-state index >= 15 is 0 Å². The molecule has 0 saturated carbocycles. The van der Waals surface area contributed by atoms with E-state index in [1.807, 2.05) is 0 Å². The first-order valence-corrected chi connectivity index (χ1v) is 4.96. The highest BCUT2D eigenvalue weighted by molar-refractivity contribution is 4.78. The zero-order valence-corrected chi connectivity index (χ0v) is 7.92. The minimum atomic E-state index is 0.727. The molecule has 0 aromatic carbocycles. The van der Waals surface area contributed by atoms with Gasteiger partial charge in [-0.3, -0.25) is 0 Å². The van der Waals surface area contributed by atoms with Gasteiger partial charge in [0.1, 0.15) is 0 Å². The molecule has 0 spiro atoms. The maximum atomic E-state index is 8.32. The monoisotopic (exact) mass is 166 g/mol. The Hall–Kier alpha value is -0.550. The first kappa shape index (κ1) is 9.54. The minimum Gasteiger partial charge on any atom is -0.303 e. The fourth-order valence-corrected chi connectivity index (χ4v) is 1.66. The van der Waals surface area contributed by atoms with Gasteiger partial charge in [0.05, 0.1) is 6.07 Å². The van der Waals surface area contributed by atoms with Gasteiger partial charge in [-0.05, 0) is 25.3 Å². The highest BCUT2D eigenvalue weighted by Gasteiger charge is 2.23. The molecular formula is C10H18N2. The molecule has 12 heavy (non-hydrogen) atoms. The minimum absolute atomic E-state index is 0.727. The van der Waals surface area contributed by atoms with Crippen LogP contribution in [0, 0.1) is 17.2 Å². The summed E-state index contributed by atoms with van der Waals surface area (Å²) in [6.45, 7) is 6.06. The van der Waals surface area contributed by atoms with Gasteiger partial charge in [0, 0.05) is 19.5 Å². The third kappa shape index (κ3) is 2.83. The topological polar surface area (TPSA) is 27.0 Å². The maximum Gasteiger partial charge on any atom is 0.0621 e. The molecule has 1 aliphatic rings. The van der Waals surface area contributed by atoms with Crippen LogP contribution in [0.5, 0.6) is 0 Å². The van der Waals surface area contributed by atoms with Crippen molar-refractivity contribution in [1.29, 1.82) is 5.26 Å². The van der Waals surface area contributed by atoms with Crippen molar-refractivity contribution in [2.75, 3.05) is 19.6 Å². The Bertz CT molecular complexity index is 154. The standard InChI is InChI=1S/C10H18N2/c1-2-10-8-12(9-10)7-5-3-4-6-11/h10H,2-5,7-9H2,1H3. The molecule has 1 heterocycles. The van der Waals surface area contributed by atoms with Crippen LogP contribution in [0.1, 0.15) is 32.6 Å². The van der Waals surface area contributed by atoms with Crippen molar-refractivity contribution >= 4 is 0 Å². The normalized spacial score (nSPS) is 18.7. The van der Waals surface area contributed by atoms with Crippen LogP contribution >= 0.6 is 0 Å². The van der Waals surface area contributed by atoms with Gasteiger partial charge in [-0.1, -0.05) is 13.3 Å². The van der Waals surface area contributed by atoms with Crippen LogP contribution in [0.2, 0.25) is 0 Å². The smallest absolute Gasteiger partial charge is 0.0621 e. The summed E-state index contributed by atoms with van der Waals surface area (Å²) in [5.41, 5.74) is 0. The molecule has 2 nitrogen and oxygen atoms in total. The predicted octanol–water partition coefficient (Wildman–Crippen LogP) is 2.02. The molecule has 1 aliphatic heterocycles. The fourth-order valence-electron chi connectivity index (χ4n) is 1.66. The quantitative estimate of drug-likeness (QED) is 0.584. The molecule has 0 aliphatic carbocycles. The lowest BCUT2D eigenvalue weighted by atomic mass is 9.97. The molecule has 1 fully saturated rings. The zero-order chi connectivity index (χ0) is 8.81. The summed E-state index contributed by atoms with van der Waals surface area (Å²) in [7, 11) is 0. The van der Waals surface area contributed by atoms with E-state index in [1.54, 1.807) is 0 Å². The Morgan fingerprint density at radius 1 is 1.42 bits per heavy atom. The molecule has 0 N–H and O–H groups in total. The average molecular weight is 166 g/mol. The number of hydrogen-bond acceptors (Lipinski definition) is 2. The van der Waals surface area contributed by atoms with Crippen molar-refractivity contribution in [3.63, 3.8) is 0 Å². The van der Waals surface area contributed by atoms with Crippen LogP contribution in [0.4, 0.5) is 0 Å². The molecule has 1 rings (SSSR count). The van der Waals surface area contributed by atoms with Crippen molar-refractivity contribution in [2.45, 2.75) is 32.6 Å². The molecule has 0 atom stereocenters. The van der Waals surface area contributed by atoms with Gasteiger partial charge in [0.25, 0.3) is 0 Å². The Morgan fingerprint density at radius 3 is 2.75 bits per heavy atom. The maximum absolute atomic E-state index is 8.32. The van der Waals surface area contributed by atoms with E-state index in [-0.39, 0.29) is 0 Å². The van der Waals surface area contributed by atoms with Crippen molar-refractivity contribution in [2.24, 2.45) is 5.92 Å². The van der Waals surface area contributed by atoms with Gasteiger partial charge in [-0.2, -0.15) is 5.26 Å². The van der Waals surface area contributed by atoms with Crippen molar-refractivity contribution in [1.82, 2.24) is 4.90 Å². The summed E-state index contributed by atoms with van der Waals surface area (Å²) in [5, 5.41) is 8.32. The molecule has 0 aromatic rings. The highest BCUT2D eigenvalue weighted by atomic mass is 15.2. The second kappa shape index (κ2) is 5.16. The number of nitrogens with zero attached hydrogens (tertiary/aromatic N) is 2. The first-order chi connectivity index (χ1) is 5.86. The van der Waals surface area contributed by atoms with Gasteiger partial charge < -0.3 is 4.90 Å². The van der Waals surface area contributed by atoms with Gasteiger partial charge in [-0.15, -0.1) is 0 Å². The van der Waals surface area contributed by atoms with Crippen LogP contribution in [-0.4, -0.2) is 24.5 Å². The lowest BCUT2D eigenvalue weighted by Crippen LogP contribution is -2.46. The SMILES string of the molecule is CCC1CN(CCCCC#N)C1. The van der Waals surface area contributed by atoms with Gasteiger partial charge in [0.2, 0.25) is 0 Å². The third-order valence-electron chi connectivity index (χ3n) is 2.62. The summed E-state index contributed by atoms with van der Waals surface area (Å²) in [6, 6.07) is 2.18. The molecule has 0 amide bonds. The van der Waals surface area contributed by atoms with Crippen molar-refractivity contribution < 1.29 is 0 Å². The average Bonchev–Trinajstić information content (AvgIpc) is 2.01. The molecule has 1 saturated heterocycles. The molecule has 0 bridgehead atoms. The van der Waals surface area contributed by atoms with E-state index in [2.05, 4.69) is 17.9 Å².